The summed E-state index contributed by atoms with van der Waals surface area (Å²) in [5.41, 5.74) is 12.8. The second-order valence-electron chi connectivity index (χ2n) is 6.59. The SMILES string of the molecule is NCCCCC(N)C(=O)O.O=C(CCCCCCC(=O)Nc1ccccc1)NO. The van der Waals surface area contributed by atoms with Gasteiger partial charge in [0.15, 0.2) is 0 Å². The molecule has 164 valence electrons. The number of amides is 2. The molecular formula is C20H34N4O5. The van der Waals surface area contributed by atoms with Gasteiger partial charge in [0, 0.05) is 18.5 Å². The molecule has 1 aromatic rings. The minimum Gasteiger partial charge on any atom is -0.480 e. The van der Waals surface area contributed by atoms with Crippen LogP contribution in [0.2, 0.25) is 0 Å². The van der Waals surface area contributed by atoms with E-state index in [0.717, 1.165) is 44.2 Å². The van der Waals surface area contributed by atoms with Crippen molar-refractivity contribution < 1.29 is 24.7 Å². The zero-order chi connectivity index (χ0) is 21.9. The molecule has 0 fully saturated rings. The molecule has 1 aromatic carbocycles. The summed E-state index contributed by atoms with van der Waals surface area (Å²) in [6.07, 6.45) is 6.30. The van der Waals surface area contributed by atoms with Crippen LogP contribution in [0.25, 0.3) is 0 Å². The molecule has 0 aliphatic carbocycles. The summed E-state index contributed by atoms with van der Waals surface area (Å²) in [4.78, 5) is 32.5. The lowest BCUT2D eigenvalue weighted by Gasteiger charge is -2.04. The van der Waals surface area contributed by atoms with Crippen molar-refractivity contribution in [3.63, 3.8) is 0 Å². The minimum absolute atomic E-state index is 0.0132. The molecular weight excluding hydrogens is 376 g/mol. The summed E-state index contributed by atoms with van der Waals surface area (Å²) in [6.45, 7) is 0.604. The lowest BCUT2D eigenvalue weighted by molar-refractivity contribution is -0.138. The Morgan fingerprint density at radius 3 is 2.00 bits per heavy atom. The monoisotopic (exact) mass is 410 g/mol. The summed E-state index contributed by atoms with van der Waals surface area (Å²) >= 11 is 0. The van der Waals surface area contributed by atoms with E-state index in [9.17, 15) is 14.4 Å². The van der Waals surface area contributed by atoms with Crippen LogP contribution in [-0.4, -0.2) is 40.7 Å². The third-order valence-electron chi connectivity index (χ3n) is 4.03. The summed E-state index contributed by atoms with van der Waals surface area (Å²) in [6, 6.07) is 8.64. The number of carbonyl (C=O) groups is 3. The minimum atomic E-state index is -0.933. The first-order valence-corrected chi connectivity index (χ1v) is 9.87. The highest BCUT2D eigenvalue weighted by Crippen LogP contribution is 2.09. The van der Waals surface area contributed by atoms with Crippen molar-refractivity contribution >= 4 is 23.5 Å². The van der Waals surface area contributed by atoms with Crippen molar-refractivity contribution in [1.29, 1.82) is 0 Å². The van der Waals surface area contributed by atoms with Gasteiger partial charge in [-0.2, -0.15) is 0 Å². The fourth-order valence-corrected chi connectivity index (χ4v) is 2.36. The molecule has 0 saturated heterocycles. The third kappa shape index (κ3) is 16.2. The number of para-hydroxylation sites is 1. The average molecular weight is 411 g/mol. The number of nitrogens with two attached hydrogens (primary N) is 2. The van der Waals surface area contributed by atoms with Crippen LogP contribution in [0.1, 0.15) is 57.8 Å². The van der Waals surface area contributed by atoms with Gasteiger partial charge in [0.2, 0.25) is 11.8 Å². The van der Waals surface area contributed by atoms with Crippen LogP contribution in [-0.2, 0) is 14.4 Å². The smallest absolute Gasteiger partial charge is 0.320 e. The molecule has 9 heteroatoms. The van der Waals surface area contributed by atoms with Crippen LogP contribution in [0, 0.1) is 0 Å². The van der Waals surface area contributed by atoms with Crippen LogP contribution >= 0.6 is 0 Å². The van der Waals surface area contributed by atoms with Crippen molar-refractivity contribution in [3.05, 3.63) is 30.3 Å². The van der Waals surface area contributed by atoms with Gasteiger partial charge in [-0.05, 0) is 44.4 Å². The highest BCUT2D eigenvalue weighted by Gasteiger charge is 2.09. The molecule has 0 radical (unpaired) electrons. The van der Waals surface area contributed by atoms with Crippen molar-refractivity contribution in [2.75, 3.05) is 11.9 Å². The number of carbonyl (C=O) groups excluding carboxylic acids is 2. The molecule has 0 bridgehead atoms. The number of hydroxylamine groups is 1. The number of anilines is 1. The largest absolute Gasteiger partial charge is 0.480 e. The van der Waals surface area contributed by atoms with Gasteiger partial charge < -0.3 is 21.9 Å². The number of hydrogen-bond acceptors (Lipinski definition) is 6. The molecule has 29 heavy (non-hydrogen) atoms. The Morgan fingerprint density at radius 2 is 1.48 bits per heavy atom. The molecule has 1 atom stereocenters. The fourth-order valence-electron chi connectivity index (χ4n) is 2.36. The molecule has 0 heterocycles. The van der Waals surface area contributed by atoms with E-state index in [1.54, 1.807) is 5.48 Å². The molecule has 1 rings (SSSR count). The Hall–Kier alpha value is -2.49. The molecule has 0 aromatic heterocycles. The maximum absolute atomic E-state index is 11.6. The van der Waals surface area contributed by atoms with Crippen molar-refractivity contribution in [2.45, 2.75) is 63.8 Å². The predicted molar refractivity (Wildman–Crippen MR) is 111 cm³/mol. The van der Waals surface area contributed by atoms with Crippen molar-refractivity contribution in [1.82, 2.24) is 5.48 Å². The van der Waals surface area contributed by atoms with Crippen LogP contribution in [0.3, 0.4) is 0 Å². The highest BCUT2D eigenvalue weighted by atomic mass is 16.5. The molecule has 0 aliphatic heterocycles. The van der Waals surface area contributed by atoms with Crippen LogP contribution < -0.4 is 22.3 Å². The first kappa shape index (κ1) is 26.5. The lowest BCUT2D eigenvalue weighted by atomic mass is 10.1. The number of carboxylic acid groups (broad SMARTS) is 1. The molecule has 9 nitrogen and oxygen atoms in total. The maximum Gasteiger partial charge on any atom is 0.320 e. The van der Waals surface area contributed by atoms with E-state index in [4.69, 9.17) is 21.8 Å². The van der Waals surface area contributed by atoms with E-state index < -0.39 is 12.0 Å². The van der Waals surface area contributed by atoms with E-state index in [0.29, 0.717) is 25.8 Å². The Bertz CT molecular complexity index is 583. The topological polar surface area (TPSA) is 168 Å². The van der Waals surface area contributed by atoms with Gasteiger partial charge in [0.1, 0.15) is 6.04 Å². The van der Waals surface area contributed by atoms with E-state index in [1.807, 2.05) is 30.3 Å². The molecule has 2 amide bonds. The number of hydrogen-bond donors (Lipinski definition) is 6. The van der Waals surface area contributed by atoms with E-state index in [1.165, 1.54) is 0 Å². The second kappa shape index (κ2) is 17.6. The van der Waals surface area contributed by atoms with Gasteiger partial charge in [-0.15, -0.1) is 0 Å². The van der Waals surface area contributed by atoms with Gasteiger partial charge in [0.05, 0.1) is 0 Å². The predicted octanol–water partition coefficient (Wildman–Crippen LogP) is 2.00. The van der Waals surface area contributed by atoms with Crippen LogP contribution in [0.4, 0.5) is 5.69 Å². The standard InChI is InChI=1S/C14H20N2O3.C6H14N2O2/c17-13(15-12-8-4-3-5-9-12)10-6-1-2-7-11-14(18)16-19;7-4-2-1-3-5(8)6(9)10/h3-5,8-9,19H,1-2,6-7,10-11H2,(H,15,17)(H,16,18);5H,1-4,7-8H2,(H,9,10). The van der Waals surface area contributed by atoms with Gasteiger partial charge in [0.25, 0.3) is 0 Å². The number of aliphatic carboxylic acids is 1. The highest BCUT2D eigenvalue weighted by molar-refractivity contribution is 5.90. The Kier molecular flexibility index (Phi) is 16.1. The lowest BCUT2D eigenvalue weighted by Crippen LogP contribution is -2.29. The second-order valence-corrected chi connectivity index (χ2v) is 6.59. The Balaban J connectivity index is 0.000000665. The van der Waals surface area contributed by atoms with Gasteiger partial charge in [-0.3, -0.25) is 19.6 Å². The van der Waals surface area contributed by atoms with Crippen molar-refractivity contribution in [3.8, 4) is 0 Å². The summed E-state index contributed by atoms with van der Waals surface area (Å²) in [7, 11) is 0. The fraction of sp³-hybridized carbons (Fsp3) is 0.550. The van der Waals surface area contributed by atoms with Gasteiger partial charge >= 0.3 is 5.97 Å². The molecule has 0 saturated carbocycles. The van der Waals surface area contributed by atoms with Crippen molar-refractivity contribution in [2.24, 2.45) is 11.5 Å². The number of unbranched alkanes of at least 4 members (excludes halogenated alkanes) is 4. The first-order chi connectivity index (χ1) is 13.9. The van der Waals surface area contributed by atoms with Crippen LogP contribution in [0.5, 0.6) is 0 Å². The van der Waals surface area contributed by atoms with Crippen LogP contribution in [0.15, 0.2) is 30.3 Å². The van der Waals surface area contributed by atoms with E-state index in [2.05, 4.69) is 5.32 Å². The average Bonchev–Trinajstić information content (AvgIpc) is 2.71. The normalized spacial score (nSPS) is 11.0. The van der Waals surface area contributed by atoms with E-state index >= 15 is 0 Å². The quantitative estimate of drug-likeness (QED) is 0.164. The number of rotatable bonds is 13. The van der Waals surface area contributed by atoms with E-state index in [-0.39, 0.29) is 11.8 Å². The number of benzene rings is 1. The zero-order valence-electron chi connectivity index (χ0n) is 16.8. The summed E-state index contributed by atoms with van der Waals surface area (Å²) in [5, 5.41) is 19.4. The van der Waals surface area contributed by atoms with Gasteiger partial charge in [-0.1, -0.05) is 37.5 Å². The zero-order valence-corrected chi connectivity index (χ0v) is 16.8. The maximum atomic E-state index is 11.6. The summed E-state index contributed by atoms with van der Waals surface area (Å²) < 4.78 is 0. The third-order valence-corrected chi connectivity index (χ3v) is 4.03. The summed E-state index contributed by atoms with van der Waals surface area (Å²) in [5.74, 6) is -1.28. The molecule has 8 N–H and O–H groups in total. The molecule has 0 aliphatic rings. The van der Waals surface area contributed by atoms with Gasteiger partial charge in [-0.25, -0.2) is 5.48 Å². The Morgan fingerprint density at radius 1 is 0.897 bits per heavy atom. The first-order valence-electron chi connectivity index (χ1n) is 9.87. The number of carboxylic acids is 1. The Labute approximate surface area is 171 Å². The molecule has 1 unspecified atom stereocenters. The number of nitrogens with one attached hydrogen (secondary N) is 2. The molecule has 0 spiro atoms.